The zero-order valence-corrected chi connectivity index (χ0v) is 14.6. The van der Waals surface area contributed by atoms with Crippen molar-refractivity contribution in [3.05, 3.63) is 11.3 Å². The summed E-state index contributed by atoms with van der Waals surface area (Å²) >= 11 is 0. The van der Waals surface area contributed by atoms with Gasteiger partial charge in [0.1, 0.15) is 36.1 Å². The molecule has 0 radical (unpaired) electrons. The van der Waals surface area contributed by atoms with Gasteiger partial charge in [0, 0.05) is 0 Å². The summed E-state index contributed by atoms with van der Waals surface area (Å²) in [5.74, 6) is -2.50. The Morgan fingerprint density at radius 3 is 2.27 bits per heavy atom. The molecular weight excluding hydrogens is 356 g/mol. The van der Waals surface area contributed by atoms with Crippen molar-refractivity contribution in [2.75, 3.05) is 6.61 Å². The smallest absolute Gasteiger partial charge is 0.334 e. The van der Waals surface area contributed by atoms with Crippen LogP contribution in [0.5, 0.6) is 0 Å². The molecule has 1 aliphatic rings. The summed E-state index contributed by atoms with van der Waals surface area (Å²) in [5, 5.41) is 67.5. The van der Waals surface area contributed by atoms with Crippen molar-refractivity contribution in [1.29, 1.82) is 0 Å². The highest BCUT2D eigenvalue weighted by molar-refractivity contribution is 5.86. The highest BCUT2D eigenvalue weighted by Gasteiger charge is 2.53. The van der Waals surface area contributed by atoms with Crippen molar-refractivity contribution in [1.82, 2.24) is 0 Å². The quantitative estimate of drug-likeness (QED) is 0.0873. The molecule has 0 spiro atoms. The molecule has 11 heteroatoms. The number of aliphatic hydroxyl groups excluding tert-OH is 5. The molecule has 1 aliphatic heterocycles. The highest BCUT2D eigenvalue weighted by Crippen LogP contribution is 2.33. The third-order valence-corrected chi connectivity index (χ3v) is 4.60. The summed E-state index contributed by atoms with van der Waals surface area (Å²) in [6, 6.07) is 0. The maximum Gasteiger partial charge on any atom is 0.334 e. The van der Waals surface area contributed by atoms with E-state index in [2.05, 4.69) is 4.89 Å². The first-order chi connectivity index (χ1) is 12.0. The van der Waals surface area contributed by atoms with Crippen LogP contribution >= 0.6 is 0 Å². The lowest BCUT2D eigenvalue weighted by molar-refractivity contribution is -0.375. The minimum Gasteiger partial charge on any atom is -0.507 e. The number of carboxylic acid groups (broad SMARTS) is 1. The number of aliphatic hydroxyl groups is 5. The Balaban J connectivity index is 3.05. The maximum atomic E-state index is 10.8. The van der Waals surface area contributed by atoms with E-state index in [4.69, 9.17) is 19.8 Å². The van der Waals surface area contributed by atoms with E-state index >= 15 is 0 Å². The summed E-state index contributed by atoms with van der Waals surface area (Å²) in [5.41, 5.74) is -1.99. The number of carboxylic acids is 1. The van der Waals surface area contributed by atoms with Crippen molar-refractivity contribution >= 4 is 5.97 Å². The van der Waals surface area contributed by atoms with Gasteiger partial charge in [0.25, 0.3) is 0 Å². The second-order valence-electron chi connectivity index (χ2n) is 6.28. The van der Waals surface area contributed by atoms with Crippen molar-refractivity contribution in [3.8, 4) is 0 Å². The Bertz CT molecular complexity index is 514. The molecule has 1 rings (SSSR count). The molecule has 0 bridgehead atoms. The first-order valence-electron chi connectivity index (χ1n) is 7.95. The average Bonchev–Trinajstić information content (AvgIpc) is 2.63. The summed E-state index contributed by atoms with van der Waals surface area (Å²) in [4.78, 5) is 15.2. The van der Waals surface area contributed by atoms with Gasteiger partial charge < -0.3 is 40.1 Å². The Kier molecular flexibility index (Phi) is 7.92. The molecule has 1 saturated heterocycles. The van der Waals surface area contributed by atoms with Gasteiger partial charge in [-0.25, -0.2) is 9.68 Å². The molecule has 0 aromatic carbocycles. The van der Waals surface area contributed by atoms with Crippen LogP contribution in [0, 0.1) is 0 Å². The normalized spacial score (nSPS) is 33.9. The first-order valence-corrected chi connectivity index (χ1v) is 7.95. The van der Waals surface area contributed by atoms with Crippen LogP contribution in [0.1, 0.15) is 27.2 Å². The lowest BCUT2D eigenvalue weighted by Gasteiger charge is -2.47. The largest absolute Gasteiger partial charge is 0.507 e. The monoisotopic (exact) mass is 382 g/mol. The summed E-state index contributed by atoms with van der Waals surface area (Å²) in [7, 11) is 0. The van der Waals surface area contributed by atoms with E-state index in [0.29, 0.717) is 0 Å². The minimum atomic E-state index is -2.14. The number of carbonyl (C=O) groups is 1. The predicted molar refractivity (Wildman–Crippen MR) is 84.0 cm³/mol. The van der Waals surface area contributed by atoms with E-state index in [1.165, 1.54) is 6.92 Å². The molecule has 26 heavy (non-hydrogen) atoms. The van der Waals surface area contributed by atoms with Gasteiger partial charge in [0.2, 0.25) is 6.29 Å². The van der Waals surface area contributed by atoms with Crippen LogP contribution in [0.2, 0.25) is 0 Å². The fourth-order valence-electron chi connectivity index (χ4n) is 2.59. The second-order valence-corrected chi connectivity index (χ2v) is 6.28. The lowest BCUT2D eigenvalue weighted by Crippen LogP contribution is -2.65. The predicted octanol–water partition coefficient (Wildman–Crippen LogP) is -1.25. The van der Waals surface area contributed by atoms with E-state index in [-0.39, 0.29) is 6.42 Å². The number of ether oxygens (including phenoxy) is 2. The molecule has 7 unspecified atom stereocenters. The number of aliphatic carboxylic acids is 1. The van der Waals surface area contributed by atoms with Crippen molar-refractivity contribution in [2.45, 2.75) is 69.6 Å². The van der Waals surface area contributed by atoms with E-state index < -0.39 is 66.3 Å². The topological polar surface area (TPSA) is 186 Å². The molecule has 0 amide bonds. The van der Waals surface area contributed by atoms with Gasteiger partial charge >= 0.3 is 5.97 Å². The van der Waals surface area contributed by atoms with Crippen molar-refractivity contribution in [3.63, 3.8) is 0 Å². The maximum absolute atomic E-state index is 10.8. The van der Waals surface area contributed by atoms with E-state index in [1.54, 1.807) is 6.92 Å². The fraction of sp³-hybridized carbons (Fsp3) is 0.800. The fourth-order valence-corrected chi connectivity index (χ4v) is 2.59. The number of hydrogen-bond acceptors (Lipinski definition) is 10. The summed E-state index contributed by atoms with van der Waals surface area (Å²) in [6.45, 7) is 3.38. The molecule has 1 fully saturated rings. The van der Waals surface area contributed by atoms with Gasteiger partial charge in [0.05, 0.1) is 12.2 Å². The van der Waals surface area contributed by atoms with Gasteiger partial charge in [0.15, 0.2) is 5.76 Å². The Morgan fingerprint density at radius 2 is 1.85 bits per heavy atom. The zero-order valence-electron chi connectivity index (χ0n) is 14.6. The molecule has 1 heterocycles. The first kappa shape index (κ1) is 22.7. The van der Waals surface area contributed by atoms with Gasteiger partial charge in [-0.2, -0.15) is 0 Å². The van der Waals surface area contributed by atoms with Crippen LogP contribution in [0.4, 0.5) is 0 Å². The standard InChI is InChI=1S/C15H26O11/c1-4-15(3,26-23)12-10(19)9(18)11(7(5-16)24-12)25-14(22)8(17)6(2)13(20)21/h7,9-12,14,16-19,22-23H,4-5H2,1-3H3,(H,20,21)/b8-6+. The molecule has 11 nitrogen and oxygen atoms in total. The molecule has 0 aromatic rings. The van der Waals surface area contributed by atoms with E-state index in [0.717, 1.165) is 6.92 Å². The van der Waals surface area contributed by atoms with Crippen molar-refractivity contribution in [2.24, 2.45) is 0 Å². The van der Waals surface area contributed by atoms with Crippen LogP contribution in [0.3, 0.4) is 0 Å². The van der Waals surface area contributed by atoms with Crippen molar-refractivity contribution < 1.29 is 55.1 Å². The van der Waals surface area contributed by atoms with Gasteiger partial charge in [-0.1, -0.05) is 6.92 Å². The Morgan fingerprint density at radius 1 is 1.27 bits per heavy atom. The molecule has 7 atom stereocenters. The Hall–Kier alpha value is -1.31. The molecule has 0 aromatic heterocycles. The third kappa shape index (κ3) is 4.50. The second kappa shape index (κ2) is 9.06. The van der Waals surface area contributed by atoms with Gasteiger partial charge in [-0.05, 0) is 20.3 Å². The minimum absolute atomic E-state index is 0.186. The van der Waals surface area contributed by atoms with Crippen LogP contribution in [0.25, 0.3) is 0 Å². The van der Waals surface area contributed by atoms with E-state index in [9.17, 15) is 30.3 Å². The SMILES string of the molecule is CCC(C)(OO)C1OC(CO)C(OC(O)/C(O)=C(/C)C(=O)O)C(O)C1O. The molecule has 152 valence electrons. The molecule has 0 aliphatic carbocycles. The third-order valence-electron chi connectivity index (χ3n) is 4.60. The number of hydrogen-bond donors (Lipinski definition) is 7. The molecule has 0 saturated carbocycles. The lowest BCUT2D eigenvalue weighted by atomic mass is 9.84. The summed E-state index contributed by atoms with van der Waals surface area (Å²) < 4.78 is 10.5. The Labute approximate surface area is 149 Å². The zero-order chi connectivity index (χ0) is 20.2. The van der Waals surface area contributed by atoms with Crippen LogP contribution < -0.4 is 0 Å². The van der Waals surface area contributed by atoms with Crippen LogP contribution in [0.15, 0.2) is 11.3 Å². The number of rotatable bonds is 8. The van der Waals surface area contributed by atoms with Gasteiger partial charge in [-0.3, -0.25) is 5.26 Å². The highest BCUT2D eigenvalue weighted by atomic mass is 17.1. The van der Waals surface area contributed by atoms with E-state index in [1.807, 2.05) is 0 Å². The summed E-state index contributed by atoms with van der Waals surface area (Å²) in [6.07, 6.45) is -9.33. The molecular formula is C15H26O11. The van der Waals surface area contributed by atoms with Crippen LogP contribution in [-0.4, -0.2) is 90.9 Å². The average molecular weight is 382 g/mol. The molecule has 7 N–H and O–H groups in total. The van der Waals surface area contributed by atoms with Crippen LogP contribution in [-0.2, 0) is 19.2 Å². The van der Waals surface area contributed by atoms with Gasteiger partial charge in [-0.15, -0.1) is 0 Å².